The van der Waals surface area contributed by atoms with Crippen LogP contribution in [0.25, 0.3) is 5.76 Å². The van der Waals surface area contributed by atoms with Gasteiger partial charge in [-0.3, -0.25) is 19.7 Å². The number of carbonyl (C=O) groups excluding carboxylic acids is 2. The van der Waals surface area contributed by atoms with Gasteiger partial charge >= 0.3 is 0 Å². The van der Waals surface area contributed by atoms with E-state index < -0.39 is 28.4 Å². The molecule has 0 radical (unpaired) electrons. The molecule has 1 aliphatic rings. The maximum Gasteiger partial charge on any atom is 0.295 e. The number of phenols is 1. The summed E-state index contributed by atoms with van der Waals surface area (Å²) in [5.41, 5.74) is 0.280. The average molecular weight is 510 g/mol. The molecule has 9 heteroatoms. The Morgan fingerprint density at radius 3 is 2.22 bits per heavy atom. The second kappa shape index (κ2) is 13.0. The third kappa shape index (κ3) is 6.74. The first-order chi connectivity index (χ1) is 17.8. The molecular formula is C28H35N3O6. The zero-order chi connectivity index (χ0) is 26.9. The third-order valence-electron chi connectivity index (χ3n) is 6.61. The van der Waals surface area contributed by atoms with Gasteiger partial charge in [0.1, 0.15) is 11.5 Å². The van der Waals surface area contributed by atoms with Crippen LogP contribution in [0.1, 0.15) is 63.1 Å². The highest BCUT2D eigenvalue weighted by molar-refractivity contribution is 6.46. The number of aliphatic hydroxyl groups is 1. The molecule has 1 fully saturated rings. The zero-order valence-corrected chi connectivity index (χ0v) is 21.4. The molecule has 1 atom stereocenters. The fourth-order valence-corrected chi connectivity index (χ4v) is 4.60. The molecule has 37 heavy (non-hydrogen) atoms. The Hall–Kier alpha value is -3.72. The molecule has 3 rings (SSSR count). The fourth-order valence-electron chi connectivity index (χ4n) is 4.60. The Bertz CT molecular complexity index is 1140. The maximum absolute atomic E-state index is 13.2. The number of hydrogen-bond donors (Lipinski definition) is 2. The van der Waals surface area contributed by atoms with Crippen molar-refractivity contribution >= 4 is 23.1 Å². The van der Waals surface area contributed by atoms with Gasteiger partial charge in [0.25, 0.3) is 17.4 Å². The lowest BCUT2D eigenvalue weighted by Crippen LogP contribution is -2.34. The summed E-state index contributed by atoms with van der Waals surface area (Å²) in [4.78, 5) is 40.8. The lowest BCUT2D eigenvalue weighted by atomic mass is 9.95. The van der Waals surface area contributed by atoms with Crippen LogP contribution in [0.4, 0.5) is 5.69 Å². The van der Waals surface area contributed by atoms with E-state index in [0.29, 0.717) is 18.5 Å². The summed E-state index contributed by atoms with van der Waals surface area (Å²) in [6.07, 6.45) is 5.01. The number of unbranched alkanes of at least 4 members (excludes halogenated alkanes) is 2. The molecular weight excluding hydrogens is 474 g/mol. The number of nitrogens with zero attached hydrogens (tertiary/aromatic N) is 3. The molecule has 0 bridgehead atoms. The third-order valence-corrected chi connectivity index (χ3v) is 6.61. The van der Waals surface area contributed by atoms with Crippen molar-refractivity contribution in [1.82, 2.24) is 9.80 Å². The van der Waals surface area contributed by atoms with Crippen LogP contribution >= 0.6 is 0 Å². The first-order valence-electron chi connectivity index (χ1n) is 12.8. The van der Waals surface area contributed by atoms with Crippen molar-refractivity contribution in [2.45, 2.75) is 52.0 Å². The van der Waals surface area contributed by atoms with Crippen molar-refractivity contribution in [3.8, 4) is 5.75 Å². The summed E-state index contributed by atoms with van der Waals surface area (Å²) in [6, 6.07) is 10.6. The molecule has 2 aromatic carbocycles. The number of ketones is 1. The Balaban J connectivity index is 1.95. The van der Waals surface area contributed by atoms with Gasteiger partial charge in [-0.1, -0.05) is 51.0 Å². The Morgan fingerprint density at radius 2 is 1.62 bits per heavy atom. The van der Waals surface area contributed by atoms with Crippen LogP contribution in [0, 0.1) is 10.1 Å². The van der Waals surface area contributed by atoms with Crippen LogP contribution in [0.2, 0.25) is 0 Å². The molecule has 198 valence electrons. The van der Waals surface area contributed by atoms with Crippen molar-refractivity contribution in [1.29, 1.82) is 0 Å². The minimum Gasteiger partial charge on any atom is -0.508 e. The highest BCUT2D eigenvalue weighted by Crippen LogP contribution is 2.40. The standard InChI is InChI=1S/C28H35N3O6/c1-3-5-15-29(16-6-4-2)17-8-18-30-25(20-11-13-23(32)14-12-20)24(27(34)28(30)35)26(33)21-9-7-10-22(19-21)31(36)37/h7,9-14,19,25,32-33H,3-6,8,15-18H2,1-2H3/b26-24-. The van der Waals surface area contributed by atoms with E-state index in [1.54, 1.807) is 12.1 Å². The topological polar surface area (TPSA) is 124 Å². The van der Waals surface area contributed by atoms with Gasteiger partial charge in [-0.05, 0) is 56.6 Å². The second-order valence-electron chi connectivity index (χ2n) is 9.29. The zero-order valence-electron chi connectivity index (χ0n) is 21.4. The lowest BCUT2D eigenvalue weighted by molar-refractivity contribution is -0.384. The summed E-state index contributed by atoms with van der Waals surface area (Å²) in [5, 5.41) is 32.1. The summed E-state index contributed by atoms with van der Waals surface area (Å²) in [7, 11) is 0. The molecule has 1 unspecified atom stereocenters. The largest absolute Gasteiger partial charge is 0.508 e. The number of aliphatic hydroxyl groups excluding tert-OH is 1. The van der Waals surface area contributed by atoms with E-state index in [2.05, 4.69) is 18.7 Å². The smallest absolute Gasteiger partial charge is 0.295 e. The summed E-state index contributed by atoms with van der Waals surface area (Å²) in [6.45, 7) is 7.33. The Morgan fingerprint density at radius 1 is 1.00 bits per heavy atom. The fraction of sp³-hybridized carbons (Fsp3) is 0.429. The summed E-state index contributed by atoms with van der Waals surface area (Å²) >= 11 is 0. The van der Waals surface area contributed by atoms with Gasteiger partial charge in [0.15, 0.2) is 0 Å². The number of amides is 1. The SMILES string of the molecule is CCCCN(CCCC)CCCN1C(=O)C(=O)/C(=C(\O)c2cccc([N+](=O)[O-])c2)C1c1ccc(O)cc1. The quantitative estimate of drug-likeness (QED) is 0.128. The molecule has 0 aliphatic carbocycles. The number of benzene rings is 2. The number of non-ortho nitro benzene ring substituents is 1. The molecule has 1 aliphatic heterocycles. The van der Waals surface area contributed by atoms with Crippen LogP contribution in [0.3, 0.4) is 0 Å². The predicted octanol–water partition coefficient (Wildman–Crippen LogP) is 5.01. The van der Waals surface area contributed by atoms with Crippen LogP contribution in [-0.4, -0.2) is 62.8 Å². The van der Waals surface area contributed by atoms with E-state index in [1.807, 2.05) is 0 Å². The molecule has 1 heterocycles. The van der Waals surface area contributed by atoms with Gasteiger partial charge < -0.3 is 20.0 Å². The maximum atomic E-state index is 13.2. The van der Waals surface area contributed by atoms with Gasteiger partial charge in [-0.15, -0.1) is 0 Å². The van der Waals surface area contributed by atoms with Crippen LogP contribution in [-0.2, 0) is 9.59 Å². The second-order valence-corrected chi connectivity index (χ2v) is 9.29. The minimum absolute atomic E-state index is 0.0295. The molecule has 0 saturated carbocycles. The van der Waals surface area contributed by atoms with Gasteiger partial charge in [0.05, 0.1) is 16.5 Å². The summed E-state index contributed by atoms with van der Waals surface area (Å²) < 4.78 is 0. The predicted molar refractivity (Wildman–Crippen MR) is 141 cm³/mol. The number of hydrogen-bond acceptors (Lipinski definition) is 7. The summed E-state index contributed by atoms with van der Waals surface area (Å²) in [5.74, 6) is -1.99. The van der Waals surface area contributed by atoms with E-state index in [4.69, 9.17) is 0 Å². The number of nitro groups is 1. The lowest BCUT2D eigenvalue weighted by Gasteiger charge is -2.27. The van der Waals surface area contributed by atoms with E-state index in [-0.39, 0.29) is 22.6 Å². The molecule has 2 aromatic rings. The van der Waals surface area contributed by atoms with Crippen molar-refractivity contribution in [3.05, 3.63) is 75.3 Å². The first-order valence-corrected chi connectivity index (χ1v) is 12.8. The van der Waals surface area contributed by atoms with Crippen molar-refractivity contribution in [2.24, 2.45) is 0 Å². The van der Waals surface area contributed by atoms with Crippen LogP contribution in [0.5, 0.6) is 5.75 Å². The number of likely N-dealkylation sites (tertiary alicyclic amines) is 1. The van der Waals surface area contributed by atoms with Gasteiger partial charge in [-0.2, -0.15) is 0 Å². The van der Waals surface area contributed by atoms with E-state index in [0.717, 1.165) is 45.3 Å². The number of Topliss-reactive ketones (excluding diaryl/α,β-unsaturated/α-hetero) is 1. The number of rotatable bonds is 13. The van der Waals surface area contributed by atoms with E-state index in [1.165, 1.54) is 41.3 Å². The highest BCUT2D eigenvalue weighted by Gasteiger charge is 2.45. The van der Waals surface area contributed by atoms with Crippen molar-refractivity contribution in [2.75, 3.05) is 26.2 Å². The van der Waals surface area contributed by atoms with Crippen molar-refractivity contribution in [3.63, 3.8) is 0 Å². The Labute approximate surface area is 217 Å². The first kappa shape index (κ1) is 27.9. The molecule has 1 amide bonds. The van der Waals surface area contributed by atoms with E-state index in [9.17, 15) is 29.9 Å². The van der Waals surface area contributed by atoms with Crippen LogP contribution in [0.15, 0.2) is 54.1 Å². The van der Waals surface area contributed by atoms with Gasteiger partial charge in [0.2, 0.25) is 0 Å². The normalized spacial score (nSPS) is 17.1. The number of phenolic OH excluding ortho intramolecular Hbond substituents is 1. The van der Waals surface area contributed by atoms with Gasteiger partial charge in [0, 0.05) is 24.2 Å². The monoisotopic (exact) mass is 509 g/mol. The number of aromatic hydroxyl groups is 1. The van der Waals surface area contributed by atoms with Crippen molar-refractivity contribution < 1.29 is 24.7 Å². The number of nitro benzene ring substituents is 1. The van der Waals surface area contributed by atoms with E-state index >= 15 is 0 Å². The van der Waals surface area contributed by atoms with Crippen LogP contribution < -0.4 is 0 Å². The number of carbonyl (C=O) groups is 2. The highest BCUT2D eigenvalue weighted by atomic mass is 16.6. The molecule has 1 saturated heterocycles. The molecule has 0 spiro atoms. The molecule has 9 nitrogen and oxygen atoms in total. The van der Waals surface area contributed by atoms with Gasteiger partial charge in [-0.25, -0.2) is 0 Å². The Kier molecular flexibility index (Phi) is 9.79. The molecule has 0 aromatic heterocycles. The minimum atomic E-state index is -0.875. The average Bonchev–Trinajstić information content (AvgIpc) is 3.15. The molecule has 2 N–H and O–H groups in total.